The van der Waals surface area contributed by atoms with Crippen molar-refractivity contribution in [1.29, 1.82) is 0 Å². The Morgan fingerprint density at radius 1 is 0.882 bits per heavy atom. The lowest BCUT2D eigenvalue weighted by Gasteiger charge is -2.47. The summed E-state index contributed by atoms with van der Waals surface area (Å²) in [6.45, 7) is 0.712. The van der Waals surface area contributed by atoms with Crippen LogP contribution in [0, 0.1) is 0 Å². The molecule has 0 radical (unpaired) electrons. The van der Waals surface area contributed by atoms with Crippen LogP contribution in [0.15, 0.2) is 60.7 Å². The third-order valence-corrected chi connectivity index (χ3v) is 3.31. The van der Waals surface area contributed by atoms with E-state index in [9.17, 15) is 5.11 Å². The van der Waals surface area contributed by atoms with Gasteiger partial charge in [0.15, 0.2) is 0 Å². The molecule has 2 aromatic rings. The summed E-state index contributed by atoms with van der Waals surface area (Å²) in [6, 6.07) is 20.5. The quantitative estimate of drug-likeness (QED) is 0.849. The summed E-state index contributed by atoms with van der Waals surface area (Å²) in [6.07, 6.45) is -0.266. The highest BCUT2D eigenvalue weighted by Crippen LogP contribution is 2.37. The molecule has 1 aliphatic rings. The minimum absolute atomic E-state index is 0.0959. The molecule has 1 aliphatic heterocycles. The molecule has 2 unspecified atom stereocenters. The van der Waals surface area contributed by atoms with Crippen LogP contribution >= 0.6 is 0 Å². The Labute approximate surface area is 101 Å². The minimum atomic E-state index is -0.266. The number of para-hydroxylation sites is 1. The summed E-state index contributed by atoms with van der Waals surface area (Å²) in [5, 5.41) is 9.95. The first-order chi connectivity index (χ1) is 8.36. The van der Waals surface area contributed by atoms with Crippen molar-refractivity contribution in [3.63, 3.8) is 0 Å². The smallest absolute Gasteiger partial charge is 0.0959 e. The van der Waals surface area contributed by atoms with Gasteiger partial charge in [0.2, 0.25) is 0 Å². The van der Waals surface area contributed by atoms with Crippen LogP contribution in [0.3, 0.4) is 0 Å². The van der Waals surface area contributed by atoms with Gasteiger partial charge in [-0.05, 0) is 17.7 Å². The van der Waals surface area contributed by atoms with Crippen LogP contribution in [-0.2, 0) is 0 Å². The maximum Gasteiger partial charge on any atom is 0.0959 e. The fraction of sp³-hybridized carbons (Fsp3) is 0.200. The van der Waals surface area contributed by atoms with Gasteiger partial charge in [-0.2, -0.15) is 0 Å². The summed E-state index contributed by atoms with van der Waals surface area (Å²) in [5.74, 6) is 0. The molecule has 1 heterocycles. The van der Waals surface area contributed by atoms with E-state index in [-0.39, 0.29) is 12.1 Å². The van der Waals surface area contributed by atoms with E-state index in [1.165, 1.54) is 11.3 Å². The molecule has 2 aromatic carbocycles. The second-order valence-corrected chi connectivity index (χ2v) is 4.41. The molecule has 0 spiro atoms. The van der Waals surface area contributed by atoms with Crippen LogP contribution in [0.5, 0.6) is 0 Å². The van der Waals surface area contributed by atoms with Crippen molar-refractivity contribution in [2.45, 2.75) is 12.1 Å². The first kappa shape index (κ1) is 10.4. The standard InChI is InChI=1S/C15H15NO/c17-14-11-16(13-9-5-2-6-10-13)15(14)12-7-3-1-4-8-12/h1-10,14-15,17H,11H2. The van der Waals surface area contributed by atoms with Gasteiger partial charge in [0.25, 0.3) is 0 Å². The van der Waals surface area contributed by atoms with Crippen molar-refractivity contribution in [2.75, 3.05) is 11.4 Å². The van der Waals surface area contributed by atoms with Gasteiger partial charge in [-0.15, -0.1) is 0 Å². The number of hydrogen-bond donors (Lipinski definition) is 1. The largest absolute Gasteiger partial charge is 0.389 e. The van der Waals surface area contributed by atoms with Gasteiger partial charge in [-0.3, -0.25) is 0 Å². The van der Waals surface area contributed by atoms with Crippen LogP contribution in [0.25, 0.3) is 0 Å². The third-order valence-electron chi connectivity index (χ3n) is 3.31. The normalized spacial score (nSPS) is 23.2. The highest BCUT2D eigenvalue weighted by atomic mass is 16.3. The maximum absolute atomic E-state index is 9.95. The SMILES string of the molecule is OC1CN(c2ccccc2)C1c1ccccc1. The molecular formula is C15H15NO. The fourth-order valence-electron chi connectivity index (χ4n) is 2.42. The van der Waals surface area contributed by atoms with Crippen LogP contribution in [0.4, 0.5) is 5.69 Å². The van der Waals surface area contributed by atoms with E-state index in [2.05, 4.69) is 29.2 Å². The van der Waals surface area contributed by atoms with Crippen molar-refractivity contribution in [2.24, 2.45) is 0 Å². The summed E-state index contributed by atoms with van der Waals surface area (Å²) < 4.78 is 0. The molecular weight excluding hydrogens is 210 g/mol. The zero-order chi connectivity index (χ0) is 11.7. The first-order valence-electron chi connectivity index (χ1n) is 5.91. The highest BCUT2D eigenvalue weighted by Gasteiger charge is 2.38. The number of hydrogen-bond acceptors (Lipinski definition) is 2. The first-order valence-corrected chi connectivity index (χ1v) is 5.91. The van der Waals surface area contributed by atoms with E-state index in [4.69, 9.17) is 0 Å². The van der Waals surface area contributed by atoms with Crippen molar-refractivity contribution >= 4 is 5.69 Å². The van der Waals surface area contributed by atoms with E-state index in [0.717, 1.165) is 0 Å². The lowest BCUT2D eigenvalue weighted by atomic mass is 9.91. The molecule has 17 heavy (non-hydrogen) atoms. The van der Waals surface area contributed by atoms with Crippen LogP contribution < -0.4 is 4.90 Å². The van der Waals surface area contributed by atoms with Crippen molar-refractivity contribution in [1.82, 2.24) is 0 Å². The number of anilines is 1. The number of rotatable bonds is 2. The highest BCUT2D eigenvalue weighted by molar-refractivity contribution is 5.52. The average Bonchev–Trinajstić information content (AvgIpc) is 2.38. The van der Waals surface area contributed by atoms with E-state index < -0.39 is 0 Å². The van der Waals surface area contributed by atoms with Gasteiger partial charge in [0, 0.05) is 12.2 Å². The van der Waals surface area contributed by atoms with Gasteiger partial charge in [0.1, 0.15) is 0 Å². The van der Waals surface area contributed by atoms with E-state index in [1.54, 1.807) is 0 Å². The van der Waals surface area contributed by atoms with Gasteiger partial charge in [-0.1, -0.05) is 48.5 Å². The molecule has 0 aromatic heterocycles. The minimum Gasteiger partial charge on any atom is -0.389 e. The average molecular weight is 225 g/mol. The Kier molecular flexibility index (Phi) is 2.57. The van der Waals surface area contributed by atoms with E-state index in [0.29, 0.717) is 6.54 Å². The van der Waals surface area contributed by atoms with Gasteiger partial charge in [0.05, 0.1) is 12.1 Å². The van der Waals surface area contributed by atoms with Gasteiger partial charge in [-0.25, -0.2) is 0 Å². The third kappa shape index (κ3) is 1.81. The predicted molar refractivity (Wildman–Crippen MR) is 69.0 cm³/mol. The lowest BCUT2D eigenvalue weighted by Crippen LogP contribution is -2.53. The second kappa shape index (κ2) is 4.22. The molecule has 2 nitrogen and oxygen atoms in total. The molecule has 0 aliphatic carbocycles. The number of benzene rings is 2. The van der Waals surface area contributed by atoms with Gasteiger partial charge < -0.3 is 10.0 Å². The van der Waals surface area contributed by atoms with Crippen LogP contribution in [-0.4, -0.2) is 17.8 Å². The number of aliphatic hydroxyl groups is 1. The van der Waals surface area contributed by atoms with E-state index >= 15 is 0 Å². The van der Waals surface area contributed by atoms with Crippen LogP contribution in [0.1, 0.15) is 11.6 Å². The predicted octanol–water partition coefficient (Wildman–Crippen LogP) is 2.61. The van der Waals surface area contributed by atoms with E-state index in [1.807, 2.05) is 36.4 Å². The second-order valence-electron chi connectivity index (χ2n) is 4.41. The van der Waals surface area contributed by atoms with Crippen LogP contribution in [0.2, 0.25) is 0 Å². The Morgan fingerprint density at radius 2 is 1.47 bits per heavy atom. The molecule has 86 valence electrons. The zero-order valence-electron chi connectivity index (χ0n) is 9.53. The summed E-state index contributed by atoms with van der Waals surface area (Å²) >= 11 is 0. The Balaban J connectivity index is 1.89. The summed E-state index contributed by atoms with van der Waals surface area (Å²) in [5.41, 5.74) is 2.35. The lowest BCUT2D eigenvalue weighted by molar-refractivity contribution is 0.0912. The molecule has 0 amide bonds. The summed E-state index contributed by atoms with van der Waals surface area (Å²) in [7, 11) is 0. The topological polar surface area (TPSA) is 23.5 Å². The molecule has 3 rings (SSSR count). The number of aliphatic hydroxyl groups excluding tert-OH is 1. The van der Waals surface area contributed by atoms with Crippen molar-refractivity contribution in [3.8, 4) is 0 Å². The molecule has 2 heteroatoms. The van der Waals surface area contributed by atoms with Gasteiger partial charge >= 0.3 is 0 Å². The molecule has 1 N–H and O–H groups in total. The molecule has 1 saturated heterocycles. The Hall–Kier alpha value is -1.80. The summed E-state index contributed by atoms with van der Waals surface area (Å²) in [4.78, 5) is 2.24. The molecule has 1 fully saturated rings. The van der Waals surface area contributed by atoms with Crippen molar-refractivity contribution in [3.05, 3.63) is 66.2 Å². The monoisotopic (exact) mass is 225 g/mol. The molecule has 0 bridgehead atoms. The Bertz CT molecular complexity index is 483. The number of β-amino-alcohol motifs (C(OH)–C–C–N with tert-alkyl or cyclic N) is 1. The number of nitrogens with zero attached hydrogens (tertiary/aromatic N) is 1. The van der Waals surface area contributed by atoms with Crippen molar-refractivity contribution < 1.29 is 5.11 Å². The molecule has 2 atom stereocenters. The fourth-order valence-corrected chi connectivity index (χ4v) is 2.42. The molecule has 0 saturated carbocycles. The Morgan fingerprint density at radius 3 is 2.06 bits per heavy atom. The zero-order valence-corrected chi connectivity index (χ0v) is 9.53. The maximum atomic E-state index is 9.95.